The van der Waals surface area contributed by atoms with Crippen LogP contribution in [0.4, 0.5) is 16.2 Å². The Morgan fingerprint density at radius 3 is 2.89 bits per heavy atom. The molecule has 0 unspecified atom stereocenters. The van der Waals surface area contributed by atoms with Gasteiger partial charge < -0.3 is 5.73 Å². The Morgan fingerprint density at radius 2 is 2.16 bits per heavy atom. The molecule has 0 radical (unpaired) electrons. The Morgan fingerprint density at radius 1 is 1.37 bits per heavy atom. The molecule has 2 heterocycles. The number of carbonyl (C=O) groups excluding carboxylic acids is 2. The van der Waals surface area contributed by atoms with Gasteiger partial charge in [-0.3, -0.25) is 19.7 Å². The number of nitrogen functional groups attached to an aromatic ring is 1. The van der Waals surface area contributed by atoms with Crippen LogP contribution in [0.15, 0.2) is 18.3 Å². The van der Waals surface area contributed by atoms with Gasteiger partial charge in [-0.1, -0.05) is 0 Å². The van der Waals surface area contributed by atoms with Gasteiger partial charge in [0.15, 0.2) is 0 Å². The maximum absolute atomic E-state index is 11.9. The maximum Gasteiger partial charge on any atom is 0.328 e. The van der Waals surface area contributed by atoms with Crippen molar-refractivity contribution >= 4 is 34.2 Å². The van der Waals surface area contributed by atoms with Crippen LogP contribution in [0.2, 0.25) is 0 Å². The monoisotopic (exact) mass is 259 g/mol. The largest absolute Gasteiger partial charge is 0.399 e. The first-order valence-electron chi connectivity index (χ1n) is 5.89. The summed E-state index contributed by atoms with van der Waals surface area (Å²) in [6.07, 6.45) is 2.11. The molecule has 7 nitrogen and oxygen atoms in total. The first-order chi connectivity index (χ1) is 9.04. The number of rotatable bonds is 1. The summed E-state index contributed by atoms with van der Waals surface area (Å²) in [4.78, 5) is 24.6. The number of nitrogens with one attached hydrogen (secondary N) is 1. The number of fused-ring (bicyclic) bond motifs is 1. The number of hydrogen-bond acceptors (Lipinski definition) is 4. The molecule has 1 saturated heterocycles. The molecule has 3 N–H and O–H groups in total. The van der Waals surface area contributed by atoms with Crippen LogP contribution < -0.4 is 16.0 Å². The van der Waals surface area contributed by atoms with Gasteiger partial charge >= 0.3 is 6.03 Å². The number of urea groups is 1. The number of amides is 3. The van der Waals surface area contributed by atoms with Crippen molar-refractivity contribution < 1.29 is 9.59 Å². The van der Waals surface area contributed by atoms with Gasteiger partial charge in [-0.2, -0.15) is 5.10 Å². The van der Waals surface area contributed by atoms with Crippen LogP contribution >= 0.6 is 0 Å². The molecule has 0 aliphatic carbocycles. The SMILES string of the molecule is Cn1cc2cc(N)cc(N3CCC(=O)NC3=O)c2n1. The number of hydrogen-bond donors (Lipinski definition) is 2. The highest BCUT2D eigenvalue weighted by Gasteiger charge is 2.26. The summed E-state index contributed by atoms with van der Waals surface area (Å²) >= 11 is 0. The van der Waals surface area contributed by atoms with E-state index in [0.717, 1.165) is 5.39 Å². The minimum Gasteiger partial charge on any atom is -0.399 e. The highest BCUT2D eigenvalue weighted by Crippen LogP contribution is 2.29. The van der Waals surface area contributed by atoms with E-state index in [9.17, 15) is 9.59 Å². The van der Waals surface area contributed by atoms with Gasteiger partial charge in [0.1, 0.15) is 5.52 Å². The second-order valence-corrected chi connectivity index (χ2v) is 4.54. The lowest BCUT2D eigenvalue weighted by Crippen LogP contribution is -2.49. The first-order valence-corrected chi connectivity index (χ1v) is 5.89. The standard InChI is InChI=1S/C12H13N5O2/c1-16-6-7-4-8(13)5-9(11(7)15-16)17-3-2-10(18)14-12(17)19/h4-6H,2-3,13H2,1H3,(H,14,18,19). The molecule has 1 aliphatic heterocycles. The Bertz CT molecular complexity index is 691. The number of nitrogens with zero attached hydrogens (tertiary/aromatic N) is 3. The van der Waals surface area contributed by atoms with E-state index in [4.69, 9.17) is 5.73 Å². The minimum atomic E-state index is -0.436. The van der Waals surface area contributed by atoms with E-state index < -0.39 is 6.03 Å². The number of aromatic nitrogens is 2. The fraction of sp³-hybridized carbons (Fsp3) is 0.250. The predicted molar refractivity (Wildman–Crippen MR) is 70.6 cm³/mol. The average molecular weight is 259 g/mol. The topological polar surface area (TPSA) is 93.2 Å². The van der Waals surface area contributed by atoms with Crippen molar-refractivity contribution in [3.05, 3.63) is 18.3 Å². The molecular weight excluding hydrogens is 246 g/mol. The third kappa shape index (κ3) is 1.88. The zero-order chi connectivity index (χ0) is 13.6. The van der Waals surface area contributed by atoms with Crippen LogP contribution in [-0.4, -0.2) is 28.3 Å². The van der Waals surface area contributed by atoms with E-state index in [1.165, 1.54) is 4.90 Å². The Kier molecular flexibility index (Phi) is 2.41. The number of imide groups is 1. The van der Waals surface area contributed by atoms with Crippen molar-refractivity contribution in [1.82, 2.24) is 15.1 Å². The summed E-state index contributed by atoms with van der Waals surface area (Å²) in [5.74, 6) is -0.262. The fourth-order valence-electron chi connectivity index (χ4n) is 2.26. The number of benzene rings is 1. The summed E-state index contributed by atoms with van der Waals surface area (Å²) in [6.45, 7) is 0.333. The molecule has 3 amide bonds. The summed E-state index contributed by atoms with van der Waals surface area (Å²) in [5.41, 5.74) is 7.73. The molecule has 0 saturated carbocycles. The van der Waals surface area contributed by atoms with Crippen LogP contribution in [0, 0.1) is 0 Å². The molecule has 2 aromatic rings. The van der Waals surface area contributed by atoms with Crippen LogP contribution in [0.5, 0.6) is 0 Å². The van der Waals surface area contributed by atoms with Gasteiger partial charge in [0, 0.05) is 37.3 Å². The van der Waals surface area contributed by atoms with E-state index in [1.807, 2.05) is 6.20 Å². The lowest BCUT2D eigenvalue weighted by Gasteiger charge is -2.26. The molecule has 0 spiro atoms. The zero-order valence-corrected chi connectivity index (χ0v) is 10.4. The minimum absolute atomic E-state index is 0.262. The van der Waals surface area contributed by atoms with Crippen molar-refractivity contribution in [3.63, 3.8) is 0 Å². The van der Waals surface area contributed by atoms with Gasteiger partial charge in [0.25, 0.3) is 0 Å². The Hall–Kier alpha value is -2.57. The molecule has 0 atom stereocenters. The summed E-state index contributed by atoms with van der Waals surface area (Å²) < 4.78 is 1.67. The molecule has 98 valence electrons. The number of nitrogens with two attached hydrogens (primary N) is 1. The number of carbonyl (C=O) groups is 2. The molecule has 1 aliphatic rings. The molecule has 1 aromatic heterocycles. The van der Waals surface area contributed by atoms with Crippen molar-refractivity contribution in [1.29, 1.82) is 0 Å². The average Bonchev–Trinajstić information content (AvgIpc) is 2.68. The van der Waals surface area contributed by atoms with Crippen molar-refractivity contribution in [2.24, 2.45) is 7.05 Å². The van der Waals surface area contributed by atoms with Crippen molar-refractivity contribution in [2.45, 2.75) is 6.42 Å². The Balaban J connectivity index is 2.13. The highest BCUT2D eigenvalue weighted by molar-refractivity contribution is 6.09. The van der Waals surface area contributed by atoms with Gasteiger partial charge in [-0.05, 0) is 12.1 Å². The number of anilines is 2. The van der Waals surface area contributed by atoms with Crippen LogP contribution in [0.3, 0.4) is 0 Å². The van der Waals surface area contributed by atoms with Crippen LogP contribution in [0.25, 0.3) is 10.9 Å². The van der Waals surface area contributed by atoms with Crippen LogP contribution in [0.1, 0.15) is 6.42 Å². The Labute approximate surface area is 109 Å². The smallest absolute Gasteiger partial charge is 0.328 e. The zero-order valence-electron chi connectivity index (χ0n) is 10.4. The van der Waals surface area contributed by atoms with E-state index >= 15 is 0 Å². The quantitative estimate of drug-likeness (QED) is 0.733. The lowest BCUT2D eigenvalue weighted by molar-refractivity contribution is -0.120. The van der Waals surface area contributed by atoms with E-state index in [-0.39, 0.29) is 12.3 Å². The molecular formula is C12H13N5O2. The molecule has 1 aromatic carbocycles. The fourth-order valence-corrected chi connectivity index (χ4v) is 2.26. The molecule has 19 heavy (non-hydrogen) atoms. The third-order valence-electron chi connectivity index (χ3n) is 3.07. The molecule has 1 fully saturated rings. The lowest BCUT2D eigenvalue weighted by atomic mass is 10.1. The normalized spacial score (nSPS) is 15.9. The summed E-state index contributed by atoms with van der Waals surface area (Å²) in [5, 5.41) is 7.49. The highest BCUT2D eigenvalue weighted by atomic mass is 16.2. The first kappa shape index (κ1) is 11.5. The molecule has 3 rings (SSSR count). The van der Waals surface area contributed by atoms with Gasteiger partial charge in [0.05, 0.1) is 5.69 Å². The molecule has 7 heteroatoms. The van der Waals surface area contributed by atoms with E-state index in [1.54, 1.807) is 23.9 Å². The molecule has 0 bridgehead atoms. The maximum atomic E-state index is 11.9. The summed E-state index contributed by atoms with van der Waals surface area (Å²) in [6, 6.07) is 3.07. The van der Waals surface area contributed by atoms with Gasteiger partial charge in [0.2, 0.25) is 5.91 Å². The van der Waals surface area contributed by atoms with Crippen LogP contribution in [-0.2, 0) is 11.8 Å². The van der Waals surface area contributed by atoms with Gasteiger partial charge in [-0.15, -0.1) is 0 Å². The number of aryl methyl sites for hydroxylation is 1. The van der Waals surface area contributed by atoms with Crippen molar-refractivity contribution in [3.8, 4) is 0 Å². The predicted octanol–water partition coefficient (Wildman–Crippen LogP) is 0.602. The van der Waals surface area contributed by atoms with Crippen molar-refractivity contribution in [2.75, 3.05) is 17.2 Å². The summed E-state index contributed by atoms with van der Waals surface area (Å²) in [7, 11) is 1.81. The third-order valence-corrected chi connectivity index (χ3v) is 3.07. The van der Waals surface area contributed by atoms with Gasteiger partial charge in [-0.25, -0.2) is 4.79 Å². The second-order valence-electron chi connectivity index (χ2n) is 4.54. The second kappa shape index (κ2) is 3.98. The van der Waals surface area contributed by atoms with E-state index in [2.05, 4.69) is 10.4 Å². The van der Waals surface area contributed by atoms with E-state index in [0.29, 0.717) is 23.4 Å².